The number of nitrogens with zero attached hydrogens (tertiary/aromatic N) is 2. The van der Waals surface area contributed by atoms with Crippen LogP contribution in [0.15, 0.2) is 12.4 Å². The second kappa shape index (κ2) is 5.66. The van der Waals surface area contributed by atoms with Gasteiger partial charge in [-0.15, -0.1) is 0 Å². The van der Waals surface area contributed by atoms with Crippen LogP contribution in [0.3, 0.4) is 0 Å². The summed E-state index contributed by atoms with van der Waals surface area (Å²) < 4.78 is 2.11. The average Bonchev–Trinajstić information content (AvgIpc) is 2.83. The molecule has 1 heterocycles. The molecule has 2 aliphatic carbocycles. The Bertz CT molecular complexity index is 402. The zero-order valence-corrected chi connectivity index (χ0v) is 12.3. The van der Waals surface area contributed by atoms with Gasteiger partial charge < -0.3 is 5.32 Å². The maximum absolute atomic E-state index is 4.52. The first-order valence-electron chi connectivity index (χ1n) is 8.10. The summed E-state index contributed by atoms with van der Waals surface area (Å²) in [6.45, 7) is 6.62. The summed E-state index contributed by atoms with van der Waals surface area (Å²) in [6, 6.07) is 0.556. The van der Waals surface area contributed by atoms with Gasteiger partial charge in [-0.1, -0.05) is 20.3 Å². The fourth-order valence-electron chi connectivity index (χ4n) is 4.04. The first-order chi connectivity index (χ1) is 9.35. The van der Waals surface area contributed by atoms with Crippen LogP contribution >= 0.6 is 0 Å². The van der Waals surface area contributed by atoms with Crippen LogP contribution < -0.4 is 5.32 Å². The predicted molar refractivity (Wildman–Crippen MR) is 77.9 cm³/mol. The van der Waals surface area contributed by atoms with Crippen molar-refractivity contribution < 1.29 is 0 Å². The van der Waals surface area contributed by atoms with Crippen molar-refractivity contribution in [2.24, 2.45) is 17.8 Å². The maximum Gasteiger partial charge on any atom is 0.0537 e. The smallest absolute Gasteiger partial charge is 0.0537 e. The van der Waals surface area contributed by atoms with Crippen molar-refractivity contribution >= 4 is 0 Å². The Kier molecular flexibility index (Phi) is 3.92. The topological polar surface area (TPSA) is 29.9 Å². The molecule has 3 unspecified atom stereocenters. The summed E-state index contributed by atoms with van der Waals surface area (Å²) >= 11 is 0. The second-order valence-electron chi connectivity index (χ2n) is 6.30. The van der Waals surface area contributed by atoms with Gasteiger partial charge in [0.2, 0.25) is 0 Å². The molecular formula is C16H27N3. The minimum atomic E-state index is 0.556. The SMILES string of the molecule is CCCNC(c1cnn(CCC)c1)C1C2CCCC21. The molecule has 3 rings (SSSR count). The van der Waals surface area contributed by atoms with Gasteiger partial charge in [0.25, 0.3) is 0 Å². The van der Waals surface area contributed by atoms with E-state index in [4.69, 9.17) is 0 Å². The van der Waals surface area contributed by atoms with Gasteiger partial charge >= 0.3 is 0 Å². The van der Waals surface area contributed by atoms with Crippen molar-refractivity contribution in [1.82, 2.24) is 15.1 Å². The zero-order chi connectivity index (χ0) is 13.2. The third kappa shape index (κ3) is 2.58. The molecule has 2 fully saturated rings. The van der Waals surface area contributed by atoms with Crippen LogP contribution in [0.5, 0.6) is 0 Å². The number of hydrogen-bond donors (Lipinski definition) is 1. The van der Waals surface area contributed by atoms with Gasteiger partial charge in [0, 0.05) is 24.3 Å². The van der Waals surface area contributed by atoms with Gasteiger partial charge in [0.15, 0.2) is 0 Å². The monoisotopic (exact) mass is 261 g/mol. The zero-order valence-electron chi connectivity index (χ0n) is 12.3. The molecule has 1 aromatic heterocycles. The van der Waals surface area contributed by atoms with Crippen molar-refractivity contribution in [3.63, 3.8) is 0 Å². The molecule has 1 aromatic rings. The molecule has 0 bridgehead atoms. The van der Waals surface area contributed by atoms with E-state index in [1.807, 2.05) is 0 Å². The highest BCUT2D eigenvalue weighted by Crippen LogP contribution is 2.62. The quantitative estimate of drug-likeness (QED) is 0.815. The highest BCUT2D eigenvalue weighted by Gasteiger charge is 2.56. The third-order valence-corrected chi connectivity index (χ3v) is 4.94. The van der Waals surface area contributed by atoms with Crippen molar-refractivity contribution in [1.29, 1.82) is 0 Å². The Morgan fingerprint density at radius 1 is 1.32 bits per heavy atom. The molecule has 3 atom stereocenters. The molecule has 0 aliphatic heterocycles. The van der Waals surface area contributed by atoms with Gasteiger partial charge in [-0.2, -0.15) is 5.10 Å². The molecule has 3 nitrogen and oxygen atoms in total. The molecule has 0 aromatic carbocycles. The second-order valence-corrected chi connectivity index (χ2v) is 6.30. The standard InChI is InChI=1S/C16H27N3/c1-3-8-17-16(15-13-6-5-7-14(13)15)12-10-18-19(11-12)9-4-2/h10-11,13-17H,3-9H2,1-2H3. The number of nitrogens with one attached hydrogen (secondary N) is 1. The normalized spacial score (nSPS) is 30.3. The van der Waals surface area contributed by atoms with Crippen molar-refractivity contribution in [3.8, 4) is 0 Å². The average molecular weight is 261 g/mol. The molecule has 19 heavy (non-hydrogen) atoms. The number of hydrogen-bond acceptors (Lipinski definition) is 2. The van der Waals surface area contributed by atoms with E-state index in [1.165, 1.54) is 31.2 Å². The van der Waals surface area contributed by atoms with Gasteiger partial charge in [-0.25, -0.2) is 0 Å². The molecule has 2 aliphatic rings. The number of aryl methyl sites for hydroxylation is 1. The van der Waals surface area contributed by atoms with Crippen LogP contribution in [0.4, 0.5) is 0 Å². The summed E-state index contributed by atoms with van der Waals surface area (Å²) in [7, 11) is 0. The van der Waals surface area contributed by atoms with E-state index in [0.29, 0.717) is 6.04 Å². The minimum Gasteiger partial charge on any atom is -0.310 e. The molecule has 2 saturated carbocycles. The van der Waals surface area contributed by atoms with E-state index in [0.717, 1.165) is 37.3 Å². The predicted octanol–water partition coefficient (Wildman–Crippen LogP) is 3.38. The summed E-state index contributed by atoms with van der Waals surface area (Å²) in [6.07, 6.45) is 11.1. The lowest BCUT2D eigenvalue weighted by Gasteiger charge is -2.19. The van der Waals surface area contributed by atoms with E-state index in [9.17, 15) is 0 Å². The maximum atomic E-state index is 4.52. The summed E-state index contributed by atoms with van der Waals surface area (Å²) in [5.41, 5.74) is 1.42. The molecule has 1 N–H and O–H groups in total. The van der Waals surface area contributed by atoms with Gasteiger partial charge in [0.1, 0.15) is 0 Å². The van der Waals surface area contributed by atoms with Crippen LogP contribution in [0, 0.1) is 17.8 Å². The molecule has 0 spiro atoms. The Balaban J connectivity index is 1.70. The lowest BCUT2D eigenvalue weighted by molar-refractivity contribution is 0.417. The molecule has 3 heteroatoms. The Morgan fingerprint density at radius 2 is 2.11 bits per heavy atom. The minimum absolute atomic E-state index is 0.556. The van der Waals surface area contributed by atoms with E-state index in [1.54, 1.807) is 0 Å². The van der Waals surface area contributed by atoms with Gasteiger partial charge in [-0.3, -0.25) is 4.68 Å². The third-order valence-electron chi connectivity index (χ3n) is 4.94. The molecule has 106 valence electrons. The van der Waals surface area contributed by atoms with Crippen LogP contribution in [-0.2, 0) is 6.54 Å². The summed E-state index contributed by atoms with van der Waals surface area (Å²) in [5, 5.41) is 8.29. The van der Waals surface area contributed by atoms with Gasteiger partial charge in [0.05, 0.1) is 6.20 Å². The largest absolute Gasteiger partial charge is 0.310 e. The highest BCUT2D eigenvalue weighted by molar-refractivity contribution is 5.19. The van der Waals surface area contributed by atoms with Crippen LogP contribution in [0.2, 0.25) is 0 Å². The van der Waals surface area contributed by atoms with Crippen molar-refractivity contribution in [2.45, 2.75) is 58.5 Å². The highest BCUT2D eigenvalue weighted by atomic mass is 15.3. The number of rotatable bonds is 7. The fourth-order valence-corrected chi connectivity index (χ4v) is 4.04. The number of aromatic nitrogens is 2. The van der Waals surface area contributed by atoms with Crippen LogP contribution in [0.25, 0.3) is 0 Å². The van der Waals surface area contributed by atoms with Gasteiger partial charge in [-0.05, 0) is 50.0 Å². The summed E-state index contributed by atoms with van der Waals surface area (Å²) in [4.78, 5) is 0. The van der Waals surface area contributed by atoms with Crippen molar-refractivity contribution in [3.05, 3.63) is 18.0 Å². The van der Waals surface area contributed by atoms with Crippen molar-refractivity contribution in [2.75, 3.05) is 6.54 Å². The lowest BCUT2D eigenvalue weighted by atomic mass is 9.99. The van der Waals surface area contributed by atoms with E-state index >= 15 is 0 Å². The molecule has 0 saturated heterocycles. The Hall–Kier alpha value is -0.830. The Labute approximate surface area is 116 Å². The lowest BCUT2D eigenvalue weighted by Crippen LogP contribution is -2.25. The molecule has 0 amide bonds. The van der Waals surface area contributed by atoms with Crippen LogP contribution in [-0.4, -0.2) is 16.3 Å². The van der Waals surface area contributed by atoms with E-state index < -0.39 is 0 Å². The molecule has 0 radical (unpaired) electrons. The summed E-state index contributed by atoms with van der Waals surface area (Å²) in [5.74, 6) is 2.90. The fraction of sp³-hybridized carbons (Fsp3) is 0.812. The number of fused-ring (bicyclic) bond motifs is 1. The van der Waals surface area contributed by atoms with E-state index in [2.05, 4.69) is 41.3 Å². The first-order valence-corrected chi connectivity index (χ1v) is 8.10. The first kappa shape index (κ1) is 13.2. The molecular weight excluding hydrogens is 234 g/mol. The van der Waals surface area contributed by atoms with Crippen LogP contribution in [0.1, 0.15) is 57.6 Å². The Morgan fingerprint density at radius 3 is 2.79 bits per heavy atom. The van der Waals surface area contributed by atoms with E-state index in [-0.39, 0.29) is 0 Å².